The maximum absolute atomic E-state index is 13.4. The molecule has 124 valence electrons. The first kappa shape index (κ1) is 15.1. The maximum atomic E-state index is 13.4. The zero-order valence-electron chi connectivity index (χ0n) is 13.3. The van der Waals surface area contributed by atoms with Crippen LogP contribution in [-0.4, -0.2) is 33.9 Å². The number of Topliss-reactive ketones (excluding diaryl/α,β-unsaturated/α-hetero) is 2. The van der Waals surface area contributed by atoms with E-state index in [1.807, 2.05) is 13.0 Å². The summed E-state index contributed by atoms with van der Waals surface area (Å²) in [4.78, 5) is 38.8. The summed E-state index contributed by atoms with van der Waals surface area (Å²) >= 11 is 0. The van der Waals surface area contributed by atoms with Gasteiger partial charge in [0.05, 0.1) is 6.10 Å². The topological polar surface area (TPSA) is 91.7 Å². The number of carboxylic acids is 1. The van der Waals surface area contributed by atoms with Crippen LogP contribution < -0.4 is 0 Å². The van der Waals surface area contributed by atoms with Crippen molar-refractivity contribution in [1.82, 2.24) is 0 Å². The van der Waals surface area contributed by atoms with E-state index in [1.165, 1.54) is 0 Å². The summed E-state index contributed by atoms with van der Waals surface area (Å²) in [7, 11) is 0. The Morgan fingerprint density at radius 1 is 1.17 bits per heavy atom. The quantitative estimate of drug-likeness (QED) is 0.562. The van der Waals surface area contributed by atoms with Crippen LogP contribution in [0.4, 0.5) is 0 Å². The molecule has 0 aromatic heterocycles. The molecule has 4 aliphatic rings. The van der Waals surface area contributed by atoms with Crippen LogP contribution in [0.1, 0.15) is 26.7 Å². The lowest BCUT2D eigenvalue weighted by atomic mass is 9.47. The van der Waals surface area contributed by atoms with Gasteiger partial charge in [-0.1, -0.05) is 26.0 Å². The molecule has 23 heavy (non-hydrogen) atoms. The Bertz CT molecular complexity index is 637. The fourth-order valence-electron chi connectivity index (χ4n) is 6.17. The van der Waals surface area contributed by atoms with E-state index < -0.39 is 41.2 Å². The number of carboxylic acid groups (broad SMARTS) is 1. The van der Waals surface area contributed by atoms with Crippen molar-refractivity contribution in [3.8, 4) is 0 Å². The molecule has 0 aliphatic heterocycles. The molecule has 2 unspecified atom stereocenters. The van der Waals surface area contributed by atoms with Gasteiger partial charge in [-0.2, -0.15) is 0 Å². The van der Waals surface area contributed by atoms with E-state index in [0.717, 1.165) is 0 Å². The standard InChI is InChI=1S/C18H22O5/c1-7-3-4-8(2)18(17(22)23)14(7)15(20)13-10-5-9(6-11(10)19)12(13)16(18)21/h3-4,7-14,19H,5-6H2,1-2H3,(H,22,23)/t7-,8+,9+,10-,11-,12?,13?,14-,18-/m0/s1. The minimum atomic E-state index is -1.62. The first-order valence-corrected chi connectivity index (χ1v) is 8.49. The third kappa shape index (κ3) is 1.54. The molecule has 5 heteroatoms. The second-order valence-corrected chi connectivity index (χ2v) is 7.97. The van der Waals surface area contributed by atoms with Crippen molar-refractivity contribution in [2.75, 3.05) is 0 Å². The monoisotopic (exact) mass is 318 g/mol. The summed E-state index contributed by atoms with van der Waals surface area (Å²) in [5, 5.41) is 20.1. The van der Waals surface area contributed by atoms with Crippen molar-refractivity contribution in [3.63, 3.8) is 0 Å². The maximum Gasteiger partial charge on any atom is 0.318 e. The summed E-state index contributed by atoms with van der Waals surface area (Å²) in [6, 6.07) is 0. The predicted molar refractivity (Wildman–Crippen MR) is 80.2 cm³/mol. The van der Waals surface area contributed by atoms with E-state index in [9.17, 15) is 24.6 Å². The van der Waals surface area contributed by atoms with E-state index in [4.69, 9.17) is 0 Å². The lowest BCUT2D eigenvalue weighted by Crippen LogP contribution is -2.65. The van der Waals surface area contributed by atoms with Gasteiger partial charge in [-0.15, -0.1) is 0 Å². The van der Waals surface area contributed by atoms with Gasteiger partial charge in [0.15, 0.2) is 5.78 Å². The predicted octanol–water partition coefficient (Wildman–Crippen LogP) is 1.30. The number of aliphatic hydroxyl groups is 1. The third-order valence-corrected chi connectivity index (χ3v) is 7.11. The van der Waals surface area contributed by atoms with Crippen molar-refractivity contribution in [3.05, 3.63) is 12.2 Å². The van der Waals surface area contributed by atoms with E-state index in [1.54, 1.807) is 13.0 Å². The Labute approximate surface area is 134 Å². The number of rotatable bonds is 1. The number of hydrogen-bond acceptors (Lipinski definition) is 4. The highest BCUT2D eigenvalue weighted by Gasteiger charge is 2.72. The van der Waals surface area contributed by atoms with Crippen molar-refractivity contribution in [1.29, 1.82) is 0 Å². The first-order chi connectivity index (χ1) is 10.8. The molecule has 0 saturated heterocycles. The zero-order valence-corrected chi connectivity index (χ0v) is 13.3. The summed E-state index contributed by atoms with van der Waals surface area (Å²) in [5.74, 6) is -4.28. The molecule has 4 rings (SSSR count). The molecule has 9 atom stereocenters. The molecule has 5 nitrogen and oxygen atoms in total. The number of ketones is 2. The Kier molecular flexibility index (Phi) is 2.97. The lowest BCUT2D eigenvalue weighted by molar-refractivity contribution is -0.180. The van der Waals surface area contributed by atoms with Crippen LogP contribution in [0.3, 0.4) is 0 Å². The van der Waals surface area contributed by atoms with Crippen LogP contribution in [0, 0.1) is 46.8 Å². The molecule has 3 saturated carbocycles. The van der Waals surface area contributed by atoms with Gasteiger partial charge in [0, 0.05) is 17.8 Å². The molecule has 0 aromatic rings. The van der Waals surface area contributed by atoms with E-state index in [-0.39, 0.29) is 29.3 Å². The van der Waals surface area contributed by atoms with Crippen molar-refractivity contribution < 1.29 is 24.6 Å². The molecule has 3 fully saturated rings. The summed E-state index contributed by atoms with van der Waals surface area (Å²) in [6.45, 7) is 3.55. The molecular formula is C18H22O5. The van der Waals surface area contributed by atoms with Gasteiger partial charge < -0.3 is 10.2 Å². The molecule has 0 heterocycles. The molecule has 0 aromatic carbocycles. The van der Waals surface area contributed by atoms with E-state index in [0.29, 0.717) is 12.8 Å². The number of aliphatic carboxylic acids is 1. The number of carbonyl (C=O) groups is 3. The first-order valence-electron chi connectivity index (χ1n) is 8.49. The van der Waals surface area contributed by atoms with E-state index in [2.05, 4.69) is 0 Å². The minimum absolute atomic E-state index is 0.0398. The summed E-state index contributed by atoms with van der Waals surface area (Å²) < 4.78 is 0. The van der Waals surface area contributed by atoms with Gasteiger partial charge in [0.1, 0.15) is 11.2 Å². The van der Waals surface area contributed by atoms with Gasteiger partial charge in [-0.3, -0.25) is 14.4 Å². The van der Waals surface area contributed by atoms with Gasteiger partial charge in [0.25, 0.3) is 0 Å². The Morgan fingerprint density at radius 2 is 1.87 bits per heavy atom. The van der Waals surface area contributed by atoms with Crippen LogP contribution >= 0.6 is 0 Å². The average molecular weight is 318 g/mol. The smallest absolute Gasteiger partial charge is 0.318 e. The van der Waals surface area contributed by atoms with Crippen molar-refractivity contribution in [2.45, 2.75) is 32.8 Å². The van der Waals surface area contributed by atoms with Crippen LogP contribution in [-0.2, 0) is 14.4 Å². The fourth-order valence-corrected chi connectivity index (χ4v) is 6.17. The lowest BCUT2D eigenvalue weighted by Gasteiger charge is -2.52. The number of fused-ring (bicyclic) bond motifs is 6. The fraction of sp³-hybridized carbons (Fsp3) is 0.722. The highest BCUT2D eigenvalue weighted by Crippen LogP contribution is 2.62. The molecule has 2 N–H and O–H groups in total. The largest absolute Gasteiger partial charge is 0.480 e. The summed E-state index contributed by atoms with van der Waals surface area (Å²) in [5.41, 5.74) is -1.62. The molecule has 2 bridgehead atoms. The number of hydrogen-bond donors (Lipinski definition) is 2. The molecular weight excluding hydrogens is 296 g/mol. The van der Waals surface area contributed by atoms with Gasteiger partial charge >= 0.3 is 5.97 Å². The normalized spacial score (nSPS) is 54.0. The van der Waals surface area contributed by atoms with Crippen LogP contribution in [0.15, 0.2) is 12.2 Å². The van der Waals surface area contributed by atoms with Crippen LogP contribution in [0.5, 0.6) is 0 Å². The molecule has 0 amide bonds. The number of aliphatic hydroxyl groups excluding tert-OH is 1. The van der Waals surface area contributed by atoms with Gasteiger partial charge in [-0.05, 0) is 36.5 Å². The molecule has 0 spiro atoms. The van der Waals surface area contributed by atoms with Gasteiger partial charge in [-0.25, -0.2) is 0 Å². The van der Waals surface area contributed by atoms with Crippen molar-refractivity contribution in [2.24, 2.45) is 46.8 Å². The average Bonchev–Trinajstić information content (AvgIpc) is 3.03. The molecule has 4 aliphatic carbocycles. The second kappa shape index (κ2) is 4.53. The number of allylic oxidation sites excluding steroid dienone is 2. The van der Waals surface area contributed by atoms with Crippen molar-refractivity contribution >= 4 is 17.5 Å². The third-order valence-electron chi connectivity index (χ3n) is 7.11. The zero-order chi connectivity index (χ0) is 16.7. The summed E-state index contributed by atoms with van der Waals surface area (Å²) in [6.07, 6.45) is 4.31. The van der Waals surface area contributed by atoms with E-state index >= 15 is 0 Å². The second-order valence-electron chi connectivity index (χ2n) is 7.97. The highest BCUT2D eigenvalue weighted by atomic mass is 16.4. The minimum Gasteiger partial charge on any atom is -0.480 e. The highest BCUT2D eigenvalue weighted by molar-refractivity contribution is 6.14. The Hall–Kier alpha value is -1.49. The SMILES string of the molecule is C[C@@H]1C=C[C@H](C)[C@H]2C(=O)C3C(C(=O)[C@]12C(=O)O)[C@@H]1C[C@H]3[C@@H](O)C1. The number of carbonyl (C=O) groups excluding carboxylic acids is 2. The van der Waals surface area contributed by atoms with Gasteiger partial charge in [0.2, 0.25) is 0 Å². The Morgan fingerprint density at radius 3 is 2.52 bits per heavy atom. The van der Waals surface area contributed by atoms with Crippen LogP contribution in [0.25, 0.3) is 0 Å². The Balaban J connectivity index is 1.90. The molecule has 0 radical (unpaired) electrons. The van der Waals surface area contributed by atoms with Crippen LogP contribution in [0.2, 0.25) is 0 Å².